The molecular formula is C13H14FN3OS2. The van der Waals surface area contributed by atoms with Gasteiger partial charge in [0.15, 0.2) is 0 Å². The van der Waals surface area contributed by atoms with Crippen LogP contribution < -0.4 is 5.32 Å². The van der Waals surface area contributed by atoms with Crippen molar-refractivity contribution < 1.29 is 9.18 Å². The fraction of sp³-hybridized carbons (Fsp3) is 0.308. The molecule has 0 aliphatic carbocycles. The van der Waals surface area contributed by atoms with Gasteiger partial charge < -0.3 is 0 Å². The first-order valence-corrected chi connectivity index (χ1v) is 7.87. The lowest BCUT2D eigenvalue weighted by molar-refractivity contribution is -0.113. The Morgan fingerprint density at radius 2 is 2.15 bits per heavy atom. The van der Waals surface area contributed by atoms with E-state index < -0.39 is 0 Å². The molecule has 1 aromatic heterocycles. The third-order valence-corrected chi connectivity index (χ3v) is 4.56. The van der Waals surface area contributed by atoms with E-state index in [-0.39, 0.29) is 23.4 Å². The molecule has 106 valence electrons. The average Bonchev–Trinajstić information content (AvgIpc) is 2.86. The van der Waals surface area contributed by atoms with Gasteiger partial charge >= 0.3 is 0 Å². The van der Waals surface area contributed by atoms with Crippen LogP contribution in [0.25, 0.3) is 0 Å². The van der Waals surface area contributed by atoms with Crippen LogP contribution >= 0.6 is 23.1 Å². The Labute approximate surface area is 124 Å². The first kappa shape index (κ1) is 14.9. The summed E-state index contributed by atoms with van der Waals surface area (Å²) in [7, 11) is 0. The van der Waals surface area contributed by atoms with Crippen molar-refractivity contribution in [3.8, 4) is 0 Å². The molecule has 0 aliphatic rings. The molecule has 1 heterocycles. The maximum Gasteiger partial charge on any atom is 0.236 e. The third kappa shape index (κ3) is 4.01. The number of hydrogen-bond donors (Lipinski definition) is 1. The van der Waals surface area contributed by atoms with Gasteiger partial charge in [0.25, 0.3) is 0 Å². The molecule has 1 amide bonds. The van der Waals surface area contributed by atoms with E-state index in [1.807, 2.05) is 13.8 Å². The van der Waals surface area contributed by atoms with Crippen LogP contribution in [0.1, 0.15) is 24.8 Å². The number of amides is 1. The largest absolute Gasteiger partial charge is 0.300 e. The molecular weight excluding hydrogens is 297 g/mol. The van der Waals surface area contributed by atoms with Gasteiger partial charge in [-0.1, -0.05) is 37.3 Å². The van der Waals surface area contributed by atoms with Crippen molar-refractivity contribution in [2.45, 2.75) is 24.7 Å². The molecule has 20 heavy (non-hydrogen) atoms. The van der Waals surface area contributed by atoms with Crippen molar-refractivity contribution in [2.75, 3.05) is 11.1 Å². The standard InChI is InChI=1S/C13H14FN3OS2/c1-8(2)12-16-17-13(20-12)15-11(18)7-19-10-6-4-3-5-9(10)14/h3-6,8H,7H2,1-2H3,(H,15,17,18). The van der Waals surface area contributed by atoms with Gasteiger partial charge in [-0.15, -0.1) is 22.0 Å². The van der Waals surface area contributed by atoms with Gasteiger partial charge in [0.1, 0.15) is 10.8 Å². The topological polar surface area (TPSA) is 54.9 Å². The van der Waals surface area contributed by atoms with E-state index in [2.05, 4.69) is 15.5 Å². The summed E-state index contributed by atoms with van der Waals surface area (Å²) in [5.74, 6) is -0.115. The third-order valence-electron chi connectivity index (χ3n) is 2.38. The van der Waals surface area contributed by atoms with Crippen molar-refractivity contribution >= 4 is 34.1 Å². The lowest BCUT2D eigenvalue weighted by Crippen LogP contribution is -2.13. The molecule has 1 aromatic carbocycles. The van der Waals surface area contributed by atoms with Gasteiger partial charge in [0, 0.05) is 10.8 Å². The number of rotatable bonds is 5. The highest BCUT2D eigenvalue weighted by atomic mass is 32.2. The number of hydrogen-bond acceptors (Lipinski definition) is 5. The number of carbonyl (C=O) groups excluding carboxylic acids is 1. The summed E-state index contributed by atoms with van der Waals surface area (Å²) in [5, 5.41) is 11.9. The number of carbonyl (C=O) groups is 1. The van der Waals surface area contributed by atoms with Crippen molar-refractivity contribution in [1.29, 1.82) is 0 Å². The molecule has 0 spiro atoms. The lowest BCUT2D eigenvalue weighted by atomic mass is 10.2. The van der Waals surface area contributed by atoms with Gasteiger partial charge in [-0.05, 0) is 12.1 Å². The summed E-state index contributed by atoms with van der Waals surface area (Å²) in [6.07, 6.45) is 0. The van der Waals surface area contributed by atoms with Gasteiger partial charge in [-0.2, -0.15) is 0 Å². The van der Waals surface area contributed by atoms with Crippen LogP contribution in [0, 0.1) is 5.82 Å². The zero-order valence-corrected chi connectivity index (χ0v) is 12.7. The zero-order valence-electron chi connectivity index (χ0n) is 11.1. The molecule has 2 aromatic rings. The molecule has 7 heteroatoms. The molecule has 0 saturated heterocycles. The molecule has 2 rings (SSSR count). The van der Waals surface area contributed by atoms with Crippen molar-refractivity contribution in [3.63, 3.8) is 0 Å². The van der Waals surface area contributed by atoms with Gasteiger partial charge in [0.05, 0.1) is 5.75 Å². The predicted octanol–water partition coefficient (Wildman–Crippen LogP) is 3.53. The van der Waals surface area contributed by atoms with E-state index in [1.165, 1.54) is 17.4 Å². The smallest absolute Gasteiger partial charge is 0.236 e. The van der Waals surface area contributed by atoms with Gasteiger partial charge in [0.2, 0.25) is 11.0 Å². The Morgan fingerprint density at radius 1 is 1.40 bits per heavy atom. The fourth-order valence-electron chi connectivity index (χ4n) is 1.38. The number of anilines is 1. The van der Waals surface area contributed by atoms with Crippen LogP contribution in [0.2, 0.25) is 0 Å². The Hall–Kier alpha value is -1.47. The highest BCUT2D eigenvalue weighted by Crippen LogP contribution is 2.24. The minimum Gasteiger partial charge on any atom is -0.300 e. The highest BCUT2D eigenvalue weighted by Gasteiger charge is 2.11. The molecule has 4 nitrogen and oxygen atoms in total. The maximum absolute atomic E-state index is 13.4. The van der Waals surface area contributed by atoms with E-state index in [0.29, 0.717) is 10.0 Å². The highest BCUT2D eigenvalue weighted by molar-refractivity contribution is 8.00. The summed E-state index contributed by atoms with van der Waals surface area (Å²) in [4.78, 5) is 12.2. The molecule has 1 N–H and O–H groups in total. The minimum atomic E-state index is -0.316. The van der Waals surface area contributed by atoms with E-state index in [0.717, 1.165) is 16.8 Å². The van der Waals surface area contributed by atoms with Crippen molar-refractivity contribution in [3.05, 3.63) is 35.1 Å². The van der Waals surface area contributed by atoms with E-state index in [1.54, 1.807) is 18.2 Å². The molecule has 0 unspecified atom stereocenters. The average molecular weight is 311 g/mol. The Kier molecular flexibility index (Phi) is 5.08. The minimum absolute atomic E-state index is 0.136. The molecule has 0 fully saturated rings. The molecule has 0 radical (unpaired) electrons. The van der Waals surface area contributed by atoms with Crippen LogP contribution in [-0.2, 0) is 4.79 Å². The second-order valence-corrected chi connectivity index (χ2v) is 6.39. The summed E-state index contributed by atoms with van der Waals surface area (Å²) in [6, 6.07) is 6.38. The van der Waals surface area contributed by atoms with Crippen LogP contribution in [-0.4, -0.2) is 21.9 Å². The first-order chi connectivity index (χ1) is 9.56. The molecule has 0 saturated carbocycles. The SMILES string of the molecule is CC(C)c1nnc(NC(=O)CSc2ccccc2F)s1. The van der Waals surface area contributed by atoms with Crippen LogP contribution in [0.4, 0.5) is 9.52 Å². The second-order valence-electron chi connectivity index (χ2n) is 4.37. The summed E-state index contributed by atoms with van der Waals surface area (Å²) in [5.41, 5.74) is 0. The molecule has 0 aliphatic heterocycles. The number of nitrogens with zero attached hydrogens (tertiary/aromatic N) is 2. The fourth-order valence-corrected chi connectivity index (χ4v) is 2.88. The number of aromatic nitrogens is 2. The van der Waals surface area contributed by atoms with Gasteiger partial charge in [-0.25, -0.2) is 4.39 Å². The Balaban J connectivity index is 1.88. The Bertz CT molecular complexity index is 601. The lowest BCUT2D eigenvalue weighted by Gasteiger charge is -2.02. The van der Waals surface area contributed by atoms with Crippen LogP contribution in [0.3, 0.4) is 0 Å². The first-order valence-electron chi connectivity index (χ1n) is 6.07. The van der Waals surface area contributed by atoms with E-state index >= 15 is 0 Å². The summed E-state index contributed by atoms with van der Waals surface area (Å²) < 4.78 is 13.4. The maximum atomic E-state index is 13.4. The normalized spacial score (nSPS) is 10.8. The number of benzene rings is 1. The van der Waals surface area contributed by atoms with Crippen LogP contribution in [0.5, 0.6) is 0 Å². The van der Waals surface area contributed by atoms with Gasteiger partial charge in [-0.3, -0.25) is 10.1 Å². The number of nitrogens with one attached hydrogen (secondary N) is 1. The monoisotopic (exact) mass is 311 g/mol. The van der Waals surface area contributed by atoms with Crippen molar-refractivity contribution in [1.82, 2.24) is 10.2 Å². The Morgan fingerprint density at radius 3 is 2.80 bits per heavy atom. The quantitative estimate of drug-likeness (QED) is 0.858. The number of thioether (sulfide) groups is 1. The molecule has 0 atom stereocenters. The summed E-state index contributed by atoms with van der Waals surface area (Å²) >= 11 is 2.51. The zero-order chi connectivity index (χ0) is 14.5. The van der Waals surface area contributed by atoms with E-state index in [9.17, 15) is 9.18 Å². The van der Waals surface area contributed by atoms with E-state index in [4.69, 9.17) is 0 Å². The van der Waals surface area contributed by atoms with Crippen LogP contribution in [0.15, 0.2) is 29.2 Å². The number of halogens is 1. The molecule has 0 bridgehead atoms. The summed E-state index contributed by atoms with van der Waals surface area (Å²) in [6.45, 7) is 4.03. The predicted molar refractivity (Wildman–Crippen MR) is 79.8 cm³/mol. The van der Waals surface area contributed by atoms with Crippen molar-refractivity contribution in [2.24, 2.45) is 0 Å². The second kappa shape index (κ2) is 6.81.